The normalized spacial score (nSPS) is 24.2. The van der Waals surface area contributed by atoms with Crippen molar-refractivity contribution in [2.75, 3.05) is 13.1 Å². The molecule has 3 nitrogen and oxygen atoms in total. The number of aryl methyl sites for hydroxylation is 2. The van der Waals surface area contributed by atoms with Gasteiger partial charge < -0.3 is 10.6 Å². The molecule has 1 aliphatic heterocycles. The van der Waals surface area contributed by atoms with Gasteiger partial charge in [0, 0.05) is 6.54 Å². The number of hydrogen-bond donors (Lipinski definition) is 2. The van der Waals surface area contributed by atoms with Crippen molar-refractivity contribution in [1.82, 2.24) is 10.6 Å². The van der Waals surface area contributed by atoms with E-state index in [9.17, 15) is 4.79 Å². The standard InChI is InChI=1S/C16H24N2O/c1-10-5-6-14(11(2)7-10)13(4)18-16(19)15-9-17-8-12(15)3/h5-7,12-13,15,17H,8-9H2,1-4H3,(H,18,19)/t12-,13?,15-/m1/s1. The molecule has 0 bridgehead atoms. The zero-order valence-corrected chi connectivity index (χ0v) is 12.3. The van der Waals surface area contributed by atoms with E-state index in [-0.39, 0.29) is 17.9 Å². The zero-order chi connectivity index (χ0) is 14.0. The molecule has 0 aliphatic carbocycles. The van der Waals surface area contributed by atoms with E-state index in [0.29, 0.717) is 5.92 Å². The van der Waals surface area contributed by atoms with Gasteiger partial charge in [0.1, 0.15) is 0 Å². The van der Waals surface area contributed by atoms with Crippen molar-refractivity contribution in [1.29, 1.82) is 0 Å². The summed E-state index contributed by atoms with van der Waals surface area (Å²) < 4.78 is 0. The molecule has 1 heterocycles. The number of hydrogen-bond acceptors (Lipinski definition) is 2. The van der Waals surface area contributed by atoms with E-state index in [2.05, 4.69) is 56.5 Å². The molecule has 1 saturated heterocycles. The highest BCUT2D eigenvalue weighted by atomic mass is 16.2. The summed E-state index contributed by atoms with van der Waals surface area (Å²) in [5.74, 6) is 0.699. The van der Waals surface area contributed by atoms with Crippen molar-refractivity contribution in [2.24, 2.45) is 11.8 Å². The van der Waals surface area contributed by atoms with Crippen molar-refractivity contribution in [2.45, 2.75) is 33.7 Å². The van der Waals surface area contributed by atoms with Crippen molar-refractivity contribution in [3.8, 4) is 0 Å². The van der Waals surface area contributed by atoms with E-state index < -0.39 is 0 Å². The number of nitrogens with one attached hydrogen (secondary N) is 2. The summed E-state index contributed by atoms with van der Waals surface area (Å²) in [6.45, 7) is 10.1. The maximum Gasteiger partial charge on any atom is 0.225 e. The molecule has 3 heteroatoms. The predicted octanol–water partition coefficient (Wildman–Crippen LogP) is 2.34. The van der Waals surface area contributed by atoms with Crippen LogP contribution in [0, 0.1) is 25.7 Å². The van der Waals surface area contributed by atoms with Gasteiger partial charge in [-0.05, 0) is 44.4 Å². The van der Waals surface area contributed by atoms with Gasteiger partial charge >= 0.3 is 0 Å². The molecule has 0 radical (unpaired) electrons. The van der Waals surface area contributed by atoms with Crippen molar-refractivity contribution in [3.63, 3.8) is 0 Å². The van der Waals surface area contributed by atoms with Crippen molar-refractivity contribution < 1.29 is 4.79 Å². The molecule has 19 heavy (non-hydrogen) atoms. The first-order chi connectivity index (χ1) is 8.99. The number of carbonyl (C=O) groups excluding carboxylic acids is 1. The highest BCUT2D eigenvalue weighted by Gasteiger charge is 2.30. The monoisotopic (exact) mass is 260 g/mol. The van der Waals surface area contributed by atoms with Crippen LogP contribution < -0.4 is 10.6 Å². The lowest BCUT2D eigenvalue weighted by Crippen LogP contribution is -2.36. The van der Waals surface area contributed by atoms with E-state index in [1.165, 1.54) is 16.7 Å². The minimum Gasteiger partial charge on any atom is -0.349 e. The number of rotatable bonds is 3. The third-order valence-electron chi connectivity index (χ3n) is 4.10. The quantitative estimate of drug-likeness (QED) is 0.876. The van der Waals surface area contributed by atoms with Gasteiger partial charge in [-0.15, -0.1) is 0 Å². The molecular formula is C16H24N2O. The maximum absolute atomic E-state index is 12.3. The molecule has 104 valence electrons. The lowest BCUT2D eigenvalue weighted by Gasteiger charge is -2.21. The second-order valence-electron chi connectivity index (χ2n) is 5.83. The first-order valence-electron chi connectivity index (χ1n) is 7.07. The third kappa shape index (κ3) is 3.16. The Morgan fingerprint density at radius 3 is 2.68 bits per heavy atom. The van der Waals surface area contributed by atoms with Crippen LogP contribution in [0.3, 0.4) is 0 Å². The highest BCUT2D eigenvalue weighted by Crippen LogP contribution is 2.21. The van der Waals surface area contributed by atoms with Crippen LogP contribution in [0.1, 0.15) is 36.6 Å². The van der Waals surface area contributed by atoms with Gasteiger partial charge in [0.25, 0.3) is 0 Å². The molecule has 0 spiro atoms. The fraction of sp³-hybridized carbons (Fsp3) is 0.562. The van der Waals surface area contributed by atoms with Gasteiger partial charge in [0.05, 0.1) is 12.0 Å². The summed E-state index contributed by atoms with van der Waals surface area (Å²) in [5.41, 5.74) is 3.70. The smallest absolute Gasteiger partial charge is 0.225 e. The molecule has 2 N–H and O–H groups in total. The Bertz CT molecular complexity index is 470. The minimum absolute atomic E-state index is 0.0703. The van der Waals surface area contributed by atoms with Gasteiger partial charge in [0.15, 0.2) is 0 Å². The molecule has 2 rings (SSSR count). The Hall–Kier alpha value is -1.35. The summed E-state index contributed by atoms with van der Waals surface area (Å²) in [4.78, 5) is 12.3. The van der Waals surface area contributed by atoms with Crippen molar-refractivity contribution in [3.05, 3.63) is 34.9 Å². The van der Waals surface area contributed by atoms with Gasteiger partial charge in [-0.2, -0.15) is 0 Å². The minimum atomic E-state index is 0.0703. The molecule has 1 amide bonds. The third-order valence-corrected chi connectivity index (χ3v) is 4.10. The average Bonchev–Trinajstić information content (AvgIpc) is 2.75. The number of carbonyl (C=O) groups is 1. The Balaban J connectivity index is 2.04. The van der Waals surface area contributed by atoms with Gasteiger partial charge in [-0.1, -0.05) is 30.7 Å². The molecule has 0 aromatic heterocycles. The summed E-state index contributed by atoms with van der Waals surface area (Å²) >= 11 is 0. The summed E-state index contributed by atoms with van der Waals surface area (Å²) in [7, 11) is 0. The van der Waals surface area contributed by atoms with Crippen LogP contribution in [-0.2, 0) is 4.79 Å². The molecule has 3 atom stereocenters. The average molecular weight is 260 g/mol. The Morgan fingerprint density at radius 2 is 2.11 bits per heavy atom. The molecule has 1 fully saturated rings. The molecule has 0 saturated carbocycles. The number of benzene rings is 1. The fourth-order valence-corrected chi connectivity index (χ4v) is 2.87. The zero-order valence-electron chi connectivity index (χ0n) is 12.3. The molecule has 1 aliphatic rings. The second-order valence-corrected chi connectivity index (χ2v) is 5.83. The molecular weight excluding hydrogens is 236 g/mol. The second kappa shape index (κ2) is 5.74. The Labute approximate surface area is 115 Å². The van der Waals surface area contributed by atoms with Crippen molar-refractivity contribution >= 4 is 5.91 Å². The van der Waals surface area contributed by atoms with Crippen LogP contribution in [-0.4, -0.2) is 19.0 Å². The van der Waals surface area contributed by atoms with Crippen LogP contribution in [0.2, 0.25) is 0 Å². The Morgan fingerprint density at radius 1 is 1.37 bits per heavy atom. The summed E-state index contributed by atoms with van der Waals surface area (Å²) in [5, 5.41) is 6.42. The van der Waals surface area contributed by atoms with E-state index in [1.54, 1.807) is 0 Å². The first kappa shape index (κ1) is 14.1. The highest BCUT2D eigenvalue weighted by molar-refractivity contribution is 5.80. The van der Waals surface area contributed by atoms with Gasteiger partial charge in [0.2, 0.25) is 5.91 Å². The largest absolute Gasteiger partial charge is 0.349 e. The maximum atomic E-state index is 12.3. The summed E-state index contributed by atoms with van der Waals surface area (Å²) in [6.07, 6.45) is 0. The van der Waals surface area contributed by atoms with Crippen LogP contribution in [0.4, 0.5) is 0 Å². The molecule has 1 aromatic rings. The first-order valence-corrected chi connectivity index (χ1v) is 7.07. The van der Waals surface area contributed by atoms with Crippen LogP contribution >= 0.6 is 0 Å². The van der Waals surface area contributed by atoms with Crippen LogP contribution in [0.5, 0.6) is 0 Å². The van der Waals surface area contributed by atoms with E-state index in [1.807, 2.05) is 0 Å². The van der Waals surface area contributed by atoms with Gasteiger partial charge in [-0.3, -0.25) is 4.79 Å². The Kier molecular flexibility index (Phi) is 4.25. The summed E-state index contributed by atoms with van der Waals surface area (Å²) in [6, 6.07) is 6.45. The predicted molar refractivity (Wildman–Crippen MR) is 78.0 cm³/mol. The molecule has 1 aromatic carbocycles. The van der Waals surface area contributed by atoms with E-state index in [4.69, 9.17) is 0 Å². The topological polar surface area (TPSA) is 41.1 Å². The lowest BCUT2D eigenvalue weighted by atomic mass is 9.95. The lowest BCUT2D eigenvalue weighted by molar-refractivity contribution is -0.126. The molecule has 1 unspecified atom stereocenters. The van der Waals surface area contributed by atoms with Crippen LogP contribution in [0.25, 0.3) is 0 Å². The fourth-order valence-electron chi connectivity index (χ4n) is 2.87. The van der Waals surface area contributed by atoms with Crippen LogP contribution in [0.15, 0.2) is 18.2 Å². The number of amides is 1. The van der Waals surface area contributed by atoms with Gasteiger partial charge in [-0.25, -0.2) is 0 Å². The SMILES string of the molecule is Cc1ccc(C(C)NC(=O)[C@@H]2CNC[C@H]2C)c(C)c1. The van der Waals surface area contributed by atoms with E-state index in [0.717, 1.165) is 13.1 Å². The van der Waals surface area contributed by atoms with E-state index >= 15 is 0 Å².